The summed E-state index contributed by atoms with van der Waals surface area (Å²) in [7, 11) is 1.56. The van der Waals surface area contributed by atoms with E-state index >= 15 is 0 Å². The maximum absolute atomic E-state index is 12.9. The Morgan fingerprint density at radius 2 is 1.97 bits per heavy atom. The lowest BCUT2D eigenvalue weighted by Crippen LogP contribution is -2.39. The van der Waals surface area contributed by atoms with E-state index in [9.17, 15) is 9.59 Å². The van der Waals surface area contributed by atoms with Crippen molar-refractivity contribution in [1.82, 2.24) is 10.2 Å². The van der Waals surface area contributed by atoms with Crippen LogP contribution in [0.25, 0.3) is 0 Å². The SMILES string of the molecule is COc1cc(CNC(=O)CCCC/C=C/C(C)C)ccc1OC(=O)N1CCCC1CC(C)(C)C. The second kappa shape index (κ2) is 13.4. The van der Waals surface area contributed by atoms with Crippen LogP contribution in [0.4, 0.5) is 4.79 Å². The van der Waals surface area contributed by atoms with E-state index in [2.05, 4.69) is 52.1 Å². The molecule has 0 spiro atoms. The number of amides is 2. The Morgan fingerprint density at radius 3 is 2.65 bits per heavy atom. The Bertz CT molecular complexity index is 826. The van der Waals surface area contributed by atoms with Gasteiger partial charge in [0.2, 0.25) is 5.91 Å². The largest absolute Gasteiger partial charge is 0.493 e. The normalized spacial score (nSPS) is 16.3. The van der Waals surface area contributed by atoms with E-state index in [-0.39, 0.29) is 23.5 Å². The number of likely N-dealkylation sites (tertiary alicyclic amines) is 1. The number of nitrogens with one attached hydrogen (secondary N) is 1. The Balaban J connectivity index is 1.84. The maximum atomic E-state index is 12.9. The van der Waals surface area contributed by atoms with E-state index < -0.39 is 0 Å². The smallest absolute Gasteiger partial charge is 0.415 e. The average molecular weight is 473 g/mol. The Labute approximate surface area is 206 Å². The van der Waals surface area contributed by atoms with Crippen LogP contribution in [-0.4, -0.2) is 36.6 Å². The lowest BCUT2D eigenvalue weighted by Gasteiger charge is -2.29. The van der Waals surface area contributed by atoms with Gasteiger partial charge in [-0.25, -0.2) is 4.79 Å². The molecule has 2 amide bonds. The lowest BCUT2D eigenvalue weighted by molar-refractivity contribution is -0.121. The predicted octanol–water partition coefficient (Wildman–Crippen LogP) is 6.48. The van der Waals surface area contributed by atoms with Gasteiger partial charge in [-0.05, 0) is 67.6 Å². The number of rotatable bonds is 11. The molecule has 1 fully saturated rings. The first kappa shape index (κ1) is 27.7. The summed E-state index contributed by atoms with van der Waals surface area (Å²) in [6.07, 6.45) is 10.4. The number of carbonyl (C=O) groups is 2. The highest BCUT2D eigenvalue weighted by Crippen LogP contribution is 2.32. The summed E-state index contributed by atoms with van der Waals surface area (Å²) in [5, 5.41) is 2.96. The molecule has 190 valence electrons. The molecule has 6 nitrogen and oxygen atoms in total. The van der Waals surface area contributed by atoms with Crippen LogP contribution in [0.1, 0.15) is 85.1 Å². The highest BCUT2D eigenvalue weighted by molar-refractivity contribution is 5.76. The zero-order valence-corrected chi connectivity index (χ0v) is 22.0. The Morgan fingerprint density at radius 1 is 1.21 bits per heavy atom. The second-order valence-electron chi connectivity index (χ2n) is 10.8. The minimum Gasteiger partial charge on any atom is -0.493 e. The van der Waals surface area contributed by atoms with Crippen LogP contribution in [0, 0.1) is 11.3 Å². The number of nitrogens with zero attached hydrogens (tertiary/aromatic N) is 1. The average Bonchev–Trinajstić information content (AvgIpc) is 3.21. The van der Waals surface area contributed by atoms with Gasteiger partial charge >= 0.3 is 6.09 Å². The summed E-state index contributed by atoms with van der Waals surface area (Å²) in [5.74, 6) is 1.50. The lowest BCUT2D eigenvalue weighted by atomic mass is 9.87. The van der Waals surface area contributed by atoms with E-state index in [1.165, 1.54) is 0 Å². The first-order chi connectivity index (χ1) is 16.1. The number of carbonyl (C=O) groups excluding carboxylic acids is 2. The van der Waals surface area contributed by atoms with Gasteiger partial charge in [0.05, 0.1) is 7.11 Å². The van der Waals surface area contributed by atoms with Crippen molar-refractivity contribution in [1.29, 1.82) is 0 Å². The number of methoxy groups -OCH3 is 1. The first-order valence-corrected chi connectivity index (χ1v) is 12.7. The molecule has 2 rings (SSSR count). The highest BCUT2D eigenvalue weighted by atomic mass is 16.6. The highest BCUT2D eigenvalue weighted by Gasteiger charge is 2.33. The van der Waals surface area contributed by atoms with Crippen molar-refractivity contribution >= 4 is 12.0 Å². The summed E-state index contributed by atoms with van der Waals surface area (Å²) in [6, 6.07) is 5.63. The molecule has 0 aliphatic carbocycles. The van der Waals surface area contributed by atoms with Gasteiger partial charge in [-0.1, -0.05) is 52.8 Å². The molecule has 0 aromatic heterocycles. The summed E-state index contributed by atoms with van der Waals surface area (Å²) in [4.78, 5) is 26.9. The van der Waals surface area contributed by atoms with Crippen LogP contribution in [0.5, 0.6) is 11.5 Å². The molecule has 1 N–H and O–H groups in total. The third kappa shape index (κ3) is 9.78. The molecule has 1 aromatic carbocycles. The number of allylic oxidation sites excluding steroid dienone is 2. The third-order valence-electron chi connectivity index (χ3n) is 5.92. The third-order valence-corrected chi connectivity index (χ3v) is 5.92. The van der Waals surface area contributed by atoms with Crippen LogP contribution >= 0.6 is 0 Å². The van der Waals surface area contributed by atoms with Gasteiger partial charge in [-0.3, -0.25) is 4.79 Å². The van der Waals surface area contributed by atoms with E-state index in [4.69, 9.17) is 9.47 Å². The molecule has 0 bridgehead atoms. The van der Waals surface area contributed by atoms with Crippen molar-refractivity contribution in [2.75, 3.05) is 13.7 Å². The molecule has 0 saturated carbocycles. The summed E-state index contributed by atoms with van der Waals surface area (Å²) in [6.45, 7) is 12.0. The van der Waals surface area contributed by atoms with E-state index in [0.717, 1.165) is 50.6 Å². The molecule has 34 heavy (non-hydrogen) atoms. The fraction of sp³-hybridized carbons (Fsp3) is 0.643. The summed E-state index contributed by atoms with van der Waals surface area (Å²) < 4.78 is 11.2. The van der Waals surface area contributed by atoms with Crippen LogP contribution in [0.15, 0.2) is 30.4 Å². The molecule has 6 heteroatoms. The zero-order chi connectivity index (χ0) is 25.1. The Kier molecular flexibility index (Phi) is 10.9. The van der Waals surface area contributed by atoms with Crippen molar-refractivity contribution in [3.8, 4) is 11.5 Å². The molecular formula is C28H44N2O4. The number of hydrogen-bond acceptors (Lipinski definition) is 4. The fourth-order valence-corrected chi connectivity index (χ4v) is 4.26. The van der Waals surface area contributed by atoms with E-state index in [1.54, 1.807) is 13.2 Å². The van der Waals surface area contributed by atoms with Crippen LogP contribution < -0.4 is 14.8 Å². The van der Waals surface area contributed by atoms with Crippen molar-refractivity contribution < 1.29 is 19.1 Å². The van der Waals surface area contributed by atoms with Crippen molar-refractivity contribution in [3.05, 3.63) is 35.9 Å². The van der Waals surface area contributed by atoms with Crippen LogP contribution in [0.2, 0.25) is 0 Å². The van der Waals surface area contributed by atoms with Gasteiger partial charge in [-0.2, -0.15) is 0 Å². The van der Waals surface area contributed by atoms with E-state index in [1.807, 2.05) is 17.0 Å². The summed E-state index contributed by atoms with van der Waals surface area (Å²) >= 11 is 0. The maximum Gasteiger partial charge on any atom is 0.415 e. The number of unbranched alkanes of at least 4 members (excludes halogenated alkanes) is 2. The molecule has 1 unspecified atom stereocenters. The van der Waals surface area contributed by atoms with Gasteiger partial charge in [0.15, 0.2) is 11.5 Å². The minimum absolute atomic E-state index is 0.0428. The second-order valence-corrected chi connectivity index (χ2v) is 10.8. The predicted molar refractivity (Wildman–Crippen MR) is 137 cm³/mol. The van der Waals surface area contributed by atoms with E-state index in [0.29, 0.717) is 30.4 Å². The number of hydrogen-bond donors (Lipinski definition) is 1. The molecule has 0 radical (unpaired) electrons. The number of benzene rings is 1. The molecule has 1 saturated heterocycles. The minimum atomic E-state index is -0.325. The van der Waals surface area contributed by atoms with Crippen LogP contribution in [-0.2, 0) is 11.3 Å². The standard InChI is InChI=1S/C28H44N2O4/c1-21(2)12-9-7-8-10-14-26(31)29-20-22-15-16-24(25(18-22)33-6)34-27(32)30-17-11-13-23(30)19-28(3,4)5/h9,12,15-16,18,21,23H,7-8,10-11,13-14,17,19-20H2,1-6H3,(H,29,31)/b12-9+. The molecule has 1 aliphatic rings. The summed E-state index contributed by atoms with van der Waals surface area (Å²) in [5.41, 5.74) is 1.05. The fourth-order valence-electron chi connectivity index (χ4n) is 4.26. The van der Waals surface area contributed by atoms with Gasteiger partial charge in [0.25, 0.3) is 0 Å². The first-order valence-electron chi connectivity index (χ1n) is 12.7. The Hall–Kier alpha value is -2.50. The number of ether oxygens (including phenoxy) is 2. The van der Waals surface area contributed by atoms with Crippen LogP contribution in [0.3, 0.4) is 0 Å². The topological polar surface area (TPSA) is 67.9 Å². The van der Waals surface area contributed by atoms with Crippen molar-refractivity contribution in [2.45, 2.75) is 92.2 Å². The molecule has 1 aliphatic heterocycles. The van der Waals surface area contributed by atoms with Gasteiger partial charge < -0.3 is 19.7 Å². The van der Waals surface area contributed by atoms with Gasteiger partial charge in [0.1, 0.15) is 0 Å². The molecule has 1 heterocycles. The molecule has 1 aromatic rings. The molecule has 1 atom stereocenters. The monoisotopic (exact) mass is 472 g/mol. The quantitative estimate of drug-likeness (QED) is 0.295. The van der Waals surface area contributed by atoms with Crippen molar-refractivity contribution in [3.63, 3.8) is 0 Å². The van der Waals surface area contributed by atoms with Gasteiger partial charge in [0, 0.05) is 25.6 Å². The molecular weight excluding hydrogens is 428 g/mol. The zero-order valence-electron chi connectivity index (χ0n) is 22.0. The van der Waals surface area contributed by atoms with Gasteiger partial charge in [-0.15, -0.1) is 0 Å². The van der Waals surface area contributed by atoms with Crippen molar-refractivity contribution in [2.24, 2.45) is 11.3 Å².